The molecule has 0 aliphatic rings. The number of alkyl halides is 1. The van der Waals surface area contributed by atoms with E-state index in [9.17, 15) is 0 Å². The van der Waals surface area contributed by atoms with Gasteiger partial charge in [0.05, 0.1) is 9.16 Å². The molecule has 0 aliphatic carbocycles. The fraction of sp³-hybridized carbons (Fsp3) is 0.333. The molecule has 0 amide bonds. The minimum atomic E-state index is -0.117. The molecule has 1 atom stereocenters. The minimum absolute atomic E-state index is 0.117. The zero-order valence-electron chi connectivity index (χ0n) is 9.30. The number of hydrogen-bond donors (Lipinski definition) is 0. The first-order valence-electron chi connectivity index (χ1n) is 4.96. The van der Waals surface area contributed by atoms with Crippen LogP contribution in [0.2, 0.25) is 0 Å². The third kappa shape index (κ3) is 2.08. The van der Waals surface area contributed by atoms with Crippen LogP contribution in [0, 0.1) is 20.8 Å². The van der Waals surface area contributed by atoms with Gasteiger partial charge in [0.25, 0.3) is 0 Å². The summed E-state index contributed by atoms with van der Waals surface area (Å²) in [6, 6.07) is 4.07. The highest BCUT2D eigenvalue weighted by atomic mass is 79.9. The van der Waals surface area contributed by atoms with E-state index >= 15 is 0 Å². The fourth-order valence-electron chi connectivity index (χ4n) is 1.79. The Hall–Kier alpha value is -0.250. The quantitative estimate of drug-likeness (QED) is 0.679. The average Bonchev–Trinajstić information content (AvgIpc) is 2.73. The highest BCUT2D eigenvalue weighted by Gasteiger charge is 2.21. The summed E-state index contributed by atoms with van der Waals surface area (Å²) in [6.45, 7) is 5.99. The van der Waals surface area contributed by atoms with Gasteiger partial charge in [-0.3, -0.25) is 0 Å². The maximum absolute atomic E-state index is 6.50. The topological polar surface area (TPSA) is 13.1 Å². The molecule has 2 heterocycles. The molecule has 16 heavy (non-hydrogen) atoms. The van der Waals surface area contributed by atoms with Crippen LogP contribution in [-0.4, -0.2) is 0 Å². The van der Waals surface area contributed by atoms with Crippen molar-refractivity contribution in [2.24, 2.45) is 0 Å². The van der Waals surface area contributed by atoms with Crippen LogP contribution in [0.3, 0.4) is 0 Å². The van der Waals surface area contributed by atoms with E-state index in [0.29, 0.717) is 0 Å². The van der Waals surface area contributed by atoms with Gasteiger partial charge in [0, 0.05) is 10.4 Å². The van der Waals surface area contributed by atoms with E-state index in [1.807, 2.05) is 26.0 Å². The Morgan fingerprint density at radius 3 is 2.38 bits per heavy atom. The lowest BCUT2D eigenvalue weighted by Gasteiger charge is -2.07. The average molecular weight is 320 g/mol. The van der Waals surface area contributed by atoms with Crippen molar-refractivity contribution in [3.05, 3.63) is 43.4 Å². The molecule has 1 nitrogen and oxygen atoms in total. The first kappa shape index (κ1) is 12.2. The Morgan fingerprint density at radius 2 is 1.94 bits per heavy atom. The van der Waals surface area contributed by atoms with Crippen molar-refractivity contribution in [3.8, 4) is 0 Å². The molecule has 1 unspecified atom stereocenters. The van der Waals surface area contributed by atoms with Gasteiger partial charge in [-0.2, -0.15) is 0 Å². The highest BCUT2D eigenvalue weighted by molar-refractivity contribution is 9.11. The van der Waals surface area contributed by atoms with Crippen molar-refractivity contribution in [2.45, 2.75) is 26.1 Å². The second-order valence-electron chi connectivity index (χ2n) is 3.76. The molecule has 4 heteroatoms. The summed E-state index contributed by atoms with van der Waals surface area (Å²) in [5, 5.41) is -0.117. The van der Waals surface area contributed by atoms with Crippen LogP contribution in [0.5, 0.6) is 0 Å². The molecular weight excluding hydrogens is 308 g/mol. The summed E-state index contributed by atoms with van der Waals surface area (Å²) in [5.74, 6) is 1.87. The molecule has 0 radical (unpaired) electrons. The van der Waals surface area contributed by atoms with Crippen molar-refractivity contribution in [2.75, 3.05) is 0 Å². The molecule has 86 valence electrons. The van der Waals surface area contributed by atoms with Crippen LogP contribution in [0.25, 0.3) is 0 Å². The second kappa shape index (κ2) is 4.55. The smallest absolute Gasteiger partial charge is 0.106 e. The maximum atomic E-state index is 6.50. The van der Waals surface area contributed by atoms with Crippen molar-refractivity contribution in [1.29, 1.82) is 0 Å². The number of thiophene rings is 1. The van der Waals surface area contributed by atoms with Gasteiger partial charge in [-0.15, -0.1) is 22.9 Å². The summed E-state index contributed by atoms with van der Waals surface area (Å²) in [6.07, 6.45) is 0. The zero-order chi connectivity index (χ0) is 11.9. The number of hydrogen-bond acceptors (Lipinski definition) is 2. The molecule has 0 spiro atoms. The zero-order valence-corrected chi connectivity index (χ0v) is 12.5. The van der Waals surface area contributed by atoms with E-state index < -0.39 is 0 Å². The Bertz CT molecular complexity index is 515. The minimum Gasteiger partial charge on any atom is -0.466 e. The molecule has 0 saturated heterocycles. The third-order valence-corrected chi connectivity index (χ3v) is 4.99. The molecule has 2 rings (SSSR count). The van der Waals surface area contributed by atoms with E-state index in [0.717, 1.165) is 31.3 Å². The number of aryl methyl sites for hydroxylation is 2. The predicted octanol–water partition coefficient (Wildman–Crippen LogP) is 5.36. The van der Waals surface area contributed by atoms with Crippen molar-refractivity contribution in [3.63, 3.8) is 0 Å². The second-order valence-corrected chi connectivity index (χ2v) is 6.69. The van der Waals surface area contributed by atoms with Crippen molar-refractivity contribution >= 4 is 38.9 Å². The SMILES string of the molecule is Cc1oc(C)c(C(Cl)c2ccc(Br)s2)c1C. The molecule has 0 saturated carbocycles. The molecule has 2 aromatic rings. The van der Waals surface area contributed by atoms with E-state index in [1.165, 1.54) is 0 Å². The molecule has 0 aromatic carbocycles. The van der Waals surface area contributed by atoms with Crippen molar-refractivity contribution in [1.82, 2.24) is 0 Å². The lowest BCUT2D eigenvalue weighted by Crippen LogP contribution is -1.93. The van der Waals surface area contributed by atoms with Crippen LogP contribution in [-0.2, 0) is 0 Å². The normalized spacial score (nSPS) is 13.1. The summed E-state index contributed by atoms with van der Waals surface area (Å²) in [4.78, 5) is 1.14. The van der Waals surface area contributed by atoms with E-state index in [4.69, 9.17) is 16.0 Å². The maximum Gasteiger partial charge on any atom is 0.106 e. The van der Waals surface area contributed by atoms with Crippen LogP contribution >= 0.6 is 38.9 Å². The van der Waals surface area contributed by atoms with Gasteiger partial charge in [-0.05, 0) is 54.4 Å². The molecule has 0 N–H and O–H groups in total. The predicted molar refractivity (Wildman–Crippen MR) is 72.6 cm³/mol. The van der Waals surface area contributed by atoms with Crippen LogP contribution in [0.1, 0.15) is 32.9 Å². The Balaban J connectivity index is 2.44. The first-order valence-corrected chi connectivity index (χ1v) is 7.01. The van der Waals surface area contributed by atoms with Gasteiger partial charge >= 0.3 is 0 Å². The van der Waals surface area contributed by atoms with E-state index in [-0.39, 0.29) is 5.38 Å². The van der Waals surface area contributed by atoms with Crippen LogP contribution in [0.15, 0.2) is 20.3 Å². The third-order valence-electron chi connectivity index (χ3n) is 2.71. The largest absolute Gasteiger partial charge is 0.466 e. The first-order chi connectivity index (χ1) is 7.50. The summed E-state index contributed by atoms with van der Waals surface area (Å²) in [7, 11) is 0. The summed E-state index contributed by atoms with van der Waals surface area (Å²) in [5.41, 5.74) is 2.26. The Labute approximate surface area is 113 Å². The standard InChI is InChI=1S/C12H12BrClOS/c1-6-7(2)15-8(3)11(6)12(14)9-4-5-10(13)16-9/h4-5,12H,1-3H3. The molecule has 0 aliphatic heterocycles. The lowest BCUT2D eigenvalue weighted by atomic mass is 10.1. The monoisotopic (exact) mass is 318 g/mol. The molecular formula is C12H12BrClOS. The number of rotatable bonds is 2. The molecule has 2 aromatic heterocycles. The highest BCUT2D eigenvalue weighted by Crippen LogP contribution is 2.39. The van der Waals surface area contributed by atoms with Crippen LogP contribution < -0.4 is 0 Å². The van der Waals surface area contributed by atoms with Gasteiger partial charge in [-0.25, -0.2) is 0 Å². The molecule has 0 bridgehead atoms. The van der Waals surface area contributed by atoms with Gasteiger partial charge in [0.1, 0.15) is 11.5 Å². The Morgan fingerprint density at radius 1 is 1.25 bits per heavy atom. The summed E-state index contributed by atoms with van der Waals surface area (Å²) < 4.78 is 6.70. The van der Waals surface area contributed by atoms with Gasteiger partial charge in [0.2, 0.25) is 0 Å². The number of halogens is 2. The van der Waals surface area contributed by atoms with Crippen LogP contribution in [0.4, 0.5) is 0 Å². The number of furan rings is 1. The molecule has 0 fully saturated rings. The lowest BCUT2D eigenvalue weighted by molar-refractivity contribution is 0.500. The van der Waals surface area contributed by atoms with E-state index in [2.05, 4.69) is 22.9 Å². The van der Waals surface area contributed by atoms with E-state index in [1.54, 1.807) is 11.3 Å². The Kier molecular flexibility index (Phi) is 3.48. The van der Waals surface area contributed by atoms with Gasteiger partial charge in [0.15, 0.2) is 0 Å². The van der Waals surface area contributed by atoms with Gasteiger partial charge < -0.3 is 4.42 Å². The van der Waals surface area contributed by atoms with Gasteiger partial charge in [-0.1, -0.05) is 0 Å². The summed E-state index contributed by atoms with van der Waals surface area (Å²) >= 11 is 11.6. The van der Waals surface area contributed by atoms with Crippen molar-refractivity contribution < 1.29 is 4.42 Å². The fourth-order valence-corrected chi connectivity index (χ4v) is 3.73.